The van der Waals surface area contributed by atoms with E-state index in [1.807, 2.05) is 10.8 Å². The summed E-state index contributed by atoms with van der Waals surface area (Å²) in [5.41, 5.74) is 8.46. The van der Waals surface area contributed by atoms with E-state index in [0.29, 0.717) is 11.5 Å². The van der Waals surface area contributed by atoms with Gasteiger partial charge in [0, 0.05) is 25.3 Å². The minimum absolute atomic E-state index is 0.198. The fourth-order valence-corrected chi connectivity index (χ4v) is 2.46. The molecule has 0 amide bonds. The lowest BCUT2D eigenvalue weighted by Crippen LogP contribution is -2.08. The molecule has 0 aliphatic heterocycles. The largest absolute Gasteiger partial charge is 0.396 e. The predicted molar refractivity (Wildman–Crippen MR) is 80.4 cm³/mol. The number of hydrogen-bond donors (Lipinski definition) is 3. The molecule has 2 aliphatic carbocycles. The normalized spacial score (nSPS) is 22.9. The number of hydrogen-bond acceptors (Lipinski definition) is 6. The van der Waals surface area contributed by atoms with Gasteiger partial charge in [0.05, 0.1) is 0 Å². The number of fused-ring (bicyclic) bond motifs is 1. The third-order valence-corrected chi connectivity index (χ3v) is 4.07. The second-order valence-corrected chi connectivity index (χ2v) is 5.87. The van der Waals surface area contributed by atoms with Crippen LogP contribution in [-0.2, 0) is 0 Å². The molecule has 7 heteroatoms. The van der Waals surface area contributed by atoms with E-state index in [1.165, 1.54) is 18.4 Å². The first kappa shape index (κ1) is 12.6. The number of nitrogens with zero attached hydrogens (tertiary/aromatic N) is 4. The van der Waals surface area contributed by atoms with E-state index in [1.54, 1.807) is 6.33 Å². The summed E-state index contributed by atoms with van der Waals surface area (Å²) in [6.45, 7) is 1.11. The Bertz CT molecular complexity index is 718. The molecule has 2 saturated carbocycles. The van der Waals surface area contributed by atoms with Crippen molar-refractivity contribution in [3.63, 3.8) is 0 Å². The van der Waals surface area contributed by atoms with Crippen molar-refractivity contribution in [3.8, 4) is 0 Å². The monoisotopic (exact) mass is 286 g/mol. The maximum absolute atomic E-state index is 9.11. The molecule has 7 nitrogen and oxygen atoms in total. The summed E-state index contributed by atoms with van der Waals surface area (Å²) in [6, 6.07) is 0. The van der Waals surface area contributed by atoms with E-state index in [0.717, 1.165) is 24.4 Å². The highest BCUT2D eigenvalue weighted by atomic mass is 16.3. The van der Waals surface area contributed by atoms with Crippen LogP contribution in [0, 0.1) is 11.8 Å². The smallest absolute Gasteiger partial charge is 0.224 e. The van der Waals surface area contributed by atoms with Crippen molar-refractivity contribution >= 4 is 29.1 Å². The fourth-order valence-electron chi connectivity index (χ4n) is 2.46. The van der Waals surface area contributed by atoms with Crippen molar-refractivity contribution in [2.45, 2.75) is 19.3 Å². The lowest BCUT2D eigenvalue weighted by atomic mass is 10.4. The first-order valence-corrected chi connectivity index (χ1v) is 7.30. The highest BCUT2D eigenvalue weighted by molar-refractivity contribution is 5.85. The molecule has 2 aliphatic rings. The third kappa shape index (κ3) is 2.44. The zero-order valence-electron chi connectivity index (χ0n) is 11.7. The SMILES string of the molecule is Nc1nc(NCC2CC2)c2ncn(/C=C3/C[C@@H]3CO)c2n1. The fraction of sp³-hybridized carbons (Fsp3) is 0.500. The molecular weight excluding hydrogens is 268 g/mol. The zero-order chi connectivity index (χ0) is 14.4. The van der Waals surface area contributed by atoms with Crippen LogP contribution in [0.25, 0.3) is 17.4 Å². The van der Waals surface area contributed by atoms with Crippen LogP contribution in [0.2, 0.25) is 0 Å². The molecule has 110 valence electrons. The Morgan fingerprint density at radius 3 is 3.00 bits per heavy atom. The van der Waals surface area contributed by atoms with Crippen molar-refractivity contribution < 1.29 is 5.11 Å². The van der Waals surface area contributed by atoms with Gasteiger partial charge in [0.1, 0.15) is 6.33 Å². The van der Waals surface area contributed by atoms with E-state index in [2.05, 4.69) is 20.3 Å². The van der Waals surface area contributed by atoms with Gasteiger partial charge in [0.25, 0.3) is 0 Å². The molecule has 0 radical (unpaired) electrons. The lowest BCUT2D eigenvalue weighted by Gasteiger charge is -2.06. The van der Waals surface area contributed by atoms with Crippen LogP contribution in [0.5, 0.6) is 0 Å². The molecule has 0 bridgehead atoms. The summed E-state index contributed by atoms with van der Waals surface area (Å²) < 4.78 is 1.86. The van der Waals surface area contributed by atoms with Gasteiger partial charge < -0.3 is 16.2 Å². The average Bonchev–Trinajstić information content (AvgIpc) is 3.37. The highest BCUT2D eigenvalue weighted by Gasteiger charge is 2.29. The van der Waals surface area contributed by atoms with Gasteiger partial charge in [-0.05, 0) is 30.8 Å². The van der Waals surface area contributed by atoms with Crippen molar-refractivity contribution in [2.24, 2.45) is 11.8 Å². The number of nitrogen functional groups attached to an aromatic ring is 1. The van der Waals surface area contributed by atoms with Gasteiger partial charge in [0.2, 0.25) is 5.95 Å². The third-order valence-electron chi connectivity index (χ3n) is 4.07. The molecule has 2 aromatic heterocycles. The standard InChI is InChI=1S/C14H18N6O/c15-14-18-12(16-4-8-1-2-8)11-13(19-14)20(7-17-11)5-9-3-10(9)6-21/h5,7-8,10,21H,1-4,6H2,(H3,15,16,18,19)/b9-5-/t10-/m1/s1. The lowest BCUT2D eigenvalue weighted by molar-refractivity contribution is 0.281. The number of nitrogens with two attached hydrogens (primary N) is 1. The topological polar surface area (TPSA) is 102 Å². The van der Waals surface area contributed by atoms with Gasteiger partial charge in [0.15, 0.2) is 17.0 Å². The molecule has 21 heavy (non-hydrogen) atoms. The number of aliphatic hydroxyl groups excluding tert-OH is 1. The van der Waals surface area contributed by atoms with Gasteiger partial charge in [-0.25, -0.2) is 4.98 Å². The van der Waals surface area contributed by atoms with Gasteiger partial charge in [-0.2, -0.15) is 9.97 Å². The van der Waals surface area contributed by atoms with Crippen molar-refractivity contribution in [1.82, 2.24) is 19.5 Å². The summed E-state index contributed by atoms with van der Waals surface area (Å²) in [7, 11) is 0. The van der Waals surface area contributed by atoms with E-state index in [4.69, 9.17) is 10.8 Å². The number of anilines is 2. The Balaban J connectivity index is 1.68. The molecule has 1 atom stereocenters. The highest BCUT2D eigenvalue weighted by Crippen LogP contribution is 2.38. The summed E-state index contributed by atoms with van der Waals surface area (Å²) >= 11 is 0. The molecule has 0 unspecified atom stereocenters. The first-order chi connectivity index (χ1) is 10.2. The first-order valence-electron chi connectivity index (χ1n) is 7.30. The zero-order valence-corrected chi connectivity index (χ0v) is 11.7. The summed E-state index contributed by atoms with van der Waals surface area (Å²) in [5.74, 6) is 1.98. The average molecular weight is 286 g/mol. The number of aliphatic hydroxyl groups is 1. The molecular formula is C14H18N6O. The van der Waals surface area contributed by atoms with Crippen LogP contribution in [-0.4, -0.2) is 37.8 Å². The molecule has 2 aromatic rings. The second-order valence-electron chi connectivity index (χ2n) is 5.87. The quantitative estimate of drug-likeness (QED) is 0.760. The van der Waals surface area contributed by atoms with Gasteiger partial charge in [-0.3, -0.25) is 4.57 Å². The molecule has 2 fully saturated rings. The number of imidazole rings is 1. The van der Waals surface area contributed by atoms with Crippen LogP contribution < -0.4 is 11.1 Å². The predicted octanol–water partition coefficient (Wildman–Crippen LogP) is 1.08. The van der Waals surface area contributed by atoms with Crippen molar-refractivity contribution in [3.05, 3.63) is 11.9 Å². The number of aromatic nitrogens is 4. The molecule has 0 aromatic carbocycles. The maximum atomic E-state index is 9.11. The van der Waals surface area contributed by atoms with E-state index >= 15 is 0 Å². The second kappa shape index (κ2) is 4.70. The van der Waals surface area contributed by atoms with Crippen LogP contribution in [0.1, 0.15) is 19.3 Å². The Hall–Kier alpha value is -2.15. The molecule has 2 heterocycles. The molecule has 0 spiro atoms. The number of nitrogens with one attached hydrogen (secondary N) is 1. The minimum atomic E-state index is 0.198. The van der Waals surface area contributed by atoms with Crippen LogP contribution in [0.3, 0.4) is 0 Å². The summed E-state index contributed by atoms with van der Waals surface area (Å²) in [5, 5.41) is 12.4. The maximum Gasteiger partial charge on any atom is 0.224 e. The molecule has 4 rings (SSSR count). The van der Waals surface area contributed by atoms with Crippen molar-refractivity contribution in [1.29, 1.82) is 0 Å². The van der Waals surface area contributed by atoms with Crippen LogP contribution in [0.15, 0.2) is 11.9 Å². The number of rotatable bonds is 5. The Morgan fingerprint density at radius 2 is 2.29 bits per heavy atom. The van der Waals surface area contributed by atoms with E-state index in [-0.39, 0.29) is 18.5 Å². The molecule has 4 N–H and O–H groups in total. The summed E-state index contributed by atoms with van der Waals surface area (Å²) in [4.78, 5) is 13.0. The minimum Gasteiger partial charge on any atom is -0.396 e. The molecule has 0 saturated heterocycles. The van der Waals surface area contributed by atoms with Crippen molar-refractivity contribution in [2.75, 3.05) is 24.2 Å². The van der Waals surface area contributed by atoms with Gasteiger partial charge >= 0.3 is 0 Å². The van der Waals surface area contributed by atoms with E-state index < -0.39 is 0 Å². The van der Waals surface area contributed by atoms with E-state index in [9.17, 15) is 0 Å². The van der Waals surface area contributed by atoms with Gasteiger partial charge in [-0.1, -0.05) is 0 Å². The summed E-state index contributed by atoms with van der Waals surface area (Å²) in [6.07, 6.45) is 7.19. The van der Waals surface area contributed by atoms with Crippen LogP contribution in [0.4, 0.5) is 11.8 Å². The van der Waals surface area contributed by atoms with Crippen LogP contribution >= 0.6 is 0 Å². The Morgan fingerprint density at radius 1 is 1.43 bits per heavy atom. The Labute approximate surface area is 121 Å². The Kier molecular flexibility index (Phi) is 2.81. The van der Waals surface area contributed by atoms with Gasteiger partial charge in [-0.15, -0.1) is 0 Å².